The van der Waals surface area contributed by atoms with Crippen LogP contribution in [0.5, 0.6) is 5.75 Å². The Morgan fingerprint density at radius 1 is 1.27 bits per heavy atom. The normalized spacial score (nSPS) is 15.6. The van der Waals surface area contributed by atoms with Gasteiger partial charge >= 0.3 is 6.18 Å². The van der Waals surface area contributed by atoms with Crippen molar-refractivity contribution in [3.8, 4) is 5.75 Å². The van der Waals surface area contributed by atoms with Crippen LogP contribution in [-0.4, -0.2) is 38.8 Å². The van der Waals surface area contributed by atoms with Gasteiger partial charge in [0.15, 0.2) is 0 Å². The number of benzene rings is 2. The van der Waals surface area contributed by atoms with Crippen molar-refractivity contribution < 1.29 is 27.1 Å². The zero-order chi connectivity index (χ0) is 23.7. The van der Waals surface area contributed by atoms with E-state index in [1.165, 1.54) is 30.4 Å². The number of fused-ring (bicyclic) bond motifs is 4. The molecule has 5 rings (SSSR count). The van der Waals surface area contributed by atoms with E-state index in [9.17, 15) is 22.4 Å². The molecule has 170 valence electrons. The first-order valence-electron chi connectivity index (χ1n) is 9.89. The zero-order valence-corrected chi connectivity index (χ0v) is 17.4. The molecule has 2 N–H and O–H groups in total. The molecular weight excluding hydrogens is 442 g/mol. The van der Waals surface area contributed by atoms with Crippen LogP contribution in [0.15, 0.2) is 36.7 Å². The summed E-state index contributed by atoms with van der Waals surface area (Å²) in [6.45, 7) is 1.71. The molecule has 0 aliphatic carbocycles. The van der Waals surface area contributed by atoms with Crippen molar-refractivity contribution in [2.24, 2.45) is 0 Å². The maximum absolute atomic E-state index is 14.9. The van der Waals surface area contributed by atoms with Crippen molar-refractivity contribution in [2.45, 2.75) is 19.1 Å². The molecule has 1 atom stereocenters. The summed E-state index contributed by atoms with van der Waals surface area (Å²) < 4.78 is 60.9. The second-order valence-electron chi connectivity index (χ2n) is 7.86. The maximum atomic E-state index is 14.9. The molecule has 4 aromatic rings. The number of rotatable bonds is 2. The van der Waals surface area contributed by atoms with E-state index in [1.807, 2.05) is 0 Å². The van der Waals surface area contributed by atoms with Gasteiger partial charge in [-0.3, -0.25) is 9.20 Å². The SMILES string of the molecule is Cc1ncn2c1c(N)nc1cc(F)c(C(=O)N(C)[C@@H]3COc4cc(C(F)(F)F)ccc43)cc12. The molecule has 0 radical (unpaired) electrons. The van der Waals surface area contributed by atoms with Crippen molar-refractivity contribution >= 4 is 28.3 Å². The number of ether oxygens (including phenoxy) is 1. The minimum absolute atomic E-state index is 0.0445. The first-order valence-corrected chi connectivity index (χ1v) is 9.89. The number of imidazole rings is 1. The van der Waals surface area contributed by atoms with Crippen LogP contribution in [0.1, 0.15) is 33.2 Å². The molecule has 2 aromatic carbocycles. The van der Waals surface area contributed by atoms with E-state index >= 15 is 0 Å². The number of halogens is 4. The molecule has 3 heterocycles. The molecule has 7 nitrogen and oxygen atoms in total. The summed E-state index contributed by atoms with van der Waals surface area (Å²) in [6.07, 6.45) is -3.00. The third kappa shape index (κ3) is 3.22. The molecule has 33 heavy (non-hydrogen) atoms. The number of nitrogens with two attached hydrogens (primary N) is 1. The molecule has 0 spiro atoms. The van der Waals surface area contributed by atoms with Crippen molar-refractivity contribution in [2.75, 3.05) is 19.4 Å². The predicted octanol–water partition coefficient (Wildman–Crippen LogP) is 4.14. The summed E-state index contributed by atoms with van der Waals surface area (Å²) in [5.41, 5.74) is 7.21. The minimum Gasteiger partial charge on any atom is -0.491 e. The Bertz CT molecular complexity index is 1450. The number of alkyl halides is 3. The number of aromatic nitrogens is 3. The summed E-state index contributed by atoms with van der Waals surface area (Å²) in [5.74, 6) is -1.22. The van der Waals surface area contributed by atoms with E-state index in [-0.39, 0.29) is 29.3 Å². The lowest BCUT2D eigenvalue weighted by atomic mass is 10.0. The van der Waals surface area contributed by atoms with Gasteiger partial charge < -0.3 is 15.4 Å². The number of aryl methyl sites for hydroxylation is 1. The van der Waals surface area contributed by atoms with Gasteiger partial charge in [0.25, 0.3) is 5.91 Å². The fourth-order valence-corrected chi connectivity index (χ4v) is 4.13. The van der Waals surface area contributed by atoms with Gasteiger partial charge in [-0.2, -0.15) is 13.2 Å². The van der Waals surface area contributed by atoms with E-state index in [4.69, 9.17) is 10.5 Å². The fourth-order valence-electron chi connectivity index (χ4n) is 4.13. The van der Waals surface area contributed by atoms with Gasteiger partial charge in [-0.15, -0.1) is 0 Å². The van der Waals surface area contributed by atoms with E-state index in [1.54, 1.807) is 11.3 Å². The lowest BCUT2D eigenvalue weighted by molar-refractivity contribution is -0.137. The third-order valence-corrected chi connectivity index (χ3v) is 5.87. The van der Waals surface area contributed by atoms with Crippen molar-refractivity contribution in [3.63, 3.8) is 0 Å². The van der Waals surface area contributed by atoms with Gasteiger partial charge in [0.2, 0.25) is 0 Å². The number of carbonyl (C=O) groups excluding carboxylic acids is 1. The van der Waals surface area contributed by atoms with E-state index in [2.05, 4.69) is 9.97 Å². The second-order valence-corrected chi connectivity index (χ2v) is 7.86. The standard InChI is InChI=1S/C22H17F4N5O2/c1-10-19-20(27)29-15-7-14(23)13(6-16(15)31(19)9-28-10)21(32)30(2)17-8-33-18-5-11(22(24,25)26)3-4-12(17)18/h3-7,9,17H,8H2,1-2H3,(H2,27,29)/t17-/m1/s1. The smallest absolute Gasteiger partial charge is 0.416 e. The van der Waals surface area contributed by atoms with Gasteiger partial charge in [0.05, 0.1) is 33.9 Å². The van der Waals surface area contributed by atoms with Crippen LogP contribution in [0.2, 0.25) is 0 Å². The average Bonchev–Trinajstić information content (AvgIpc) is 3.35. The van der Waals surface area contributed by atoms with Crippen LogP contribution in [0.3, 0.4) is 0 Å². The van der Waals surface area contributed by atoms with Gasteiger partial charge in [0, 0.05) is 18.7 Å². The molecular formula is C22H17F4N5O2. The molecule has 0 saturated heterocycles. The molecule has 0 saturated carbocycles. The molecule has 1 aliphatic rings. The Morgan fingerprint density at radius 3 is 2.76 bits per heavy atom. The summed E-state index contributed by atoms with van der Waals surface area (Å²) >= 11 is 0. The Labute approximate surface area is 184 Å². The fraction of sp³-hybridized carbons (Fsp3) is 0.227. The second kappa shape index (κ2) is 7.06. The highest BCUT2D eigenvalue weighted by Crippen LogP contribution is 2.40. The van der Waals surface area contributed by atoms with E-state index in [0.717, 1.165) is 18.2 Å². The maximum Gasteiger partial charge on any atom is 0.416 e. The summed E-state index contributed by atoms with van der Waals surface area (Å²) in [5, 5.41) is 0. The van der Waals surface area contributed by atoms with Crippen LogP contribution in [-0.2, 0) is 6.18 Å². The molecule has 0 bridgehead atoms. The van der Waals surface area contributed by atoms with Crippen LogP contribution in [0.25, 0.3) is 16.6 Å². The third-order valence-electron chi connectivity index (χ3n) is 5.87. The molecule has 2 aromatic heterocycles. The van der Waals surface area contributed by atoms with E-state index < -0.39 is 29.5 Å². The minimum atomic E-state index is -4.51. The Hall–Kier alpha value is -3.89. The molecule has 0 unspecified atom stereocenters. The first kappa shape index (κ1) is 21.0. The number of nitrogens with zero attached hydrogens (tertiary/aromatic N) is 4. The number of hydrogen-bond acceptors (Lipinski definition) is 5. The quantitative estimate of drug-likeness (QED) is 0.456. The van der Waals surface area contributed by atoms with Crippen molar-refractivity contribution in [1.82, 2.24) is 19.3 Å². The van der Waals surface area contributed by atoms with Crippen LogP contribution in [0, 0.1) is 12.7 Å². The monoisotopic (exact) mass is 459 g/mol. The predicted molar refractivity (Wildman–Crippen MR) is 111 cm³/mol. The molecule has 0 fully saturated rings. The first-order chi connectivity index (χ1) is 15.6. The summed E-state index contributed by atoms with van der Waals surface area (Å²) in [7, 11) is 1.45. The molecule has 1 amide bonds. The lowest BCUT2D eigenvalue weighted by Gasteiger charge is -2.24. The number of carbonyl (C=O) groups is 1. The van der Waals surface area contributed by atoms with Crippen molar-refractivity contribution in [1.29, 1.82) is 0 Å². The van der Waals surface area contributed by atoms with Gasteiger partial charge in [-0.25, -0.2) is 14.4 Å². The molecule has 1 aliphatic heterocycles. The van der Waals surface area contributed by atoms with Gasteiger partial charge in [0.1, 0.15) is 35.8 Å². The average molecular weight is 459 g/mol. The summed E-state index contributed by atoms with van der Waals surface area (Å²) in [4.78, 5) is 22.9. The van der Waals surface area contributed by atoms with Gasteiger partial charge in [-0.1, -0.05) is 6.07 Å². The van der Waals surface area contributed by atoms with Crippen LogP contribution in [0.4, 0.5) is 23.4 Å². The van der Waals surface area contributed by atoms with Crippen LogP contribution >= 0.6 is 0 Å². The number of nitrogen functional groups attached to an aromatic ring is 1. The number of anilines is 1. The highest BCUT2D eigenvalue weighted by atomic mass is 19.4. The van der Waals surface area contributed by atoms with E-state index in [0.29, 0.717) is 22.3 Å². The highest BCUT2D eigenvalue weighted by molar-refractivity contribution is 5.98. The number of likely N-dealkylation sites (N-methyl/N-ethyl adjacent to an activating group) is 1. The van der Waals surface area contributed by atoms with Crippen molar-refractivity contribution in [3.05, 3.63) is 64.9 Å². The van der Waals surface area contributed by atoms with Gasteiger partial charge in [-0.05, 0) is 25.1 Å². The Balaban J connectivity index is 1.54. The largest absolute Gasteiger partial charge is 0.491 e. The summed E-state index contributed by atoms with van der Waals surface area (Å²) in [6, 6.07) is 4.93. The topological polar surface area (TPSA) is 85.8 Å². The number of amides is 1. The number of hydrogen-bond donors (Lipinski definition) is 1. The molecule has 11 heteroatoms. The Kier molecular flexibility index (Phi) is 4.49. The lowest BCUT2D eigenvalue weighted by Crippen LogP contribution is -2.32. The Morgan fingerprint density at radius 2 is 2.03 bits per heavy atom. The zero-order valence-electron chi connectivity index (χ0n) is 17.4. The highest BCUT2D eigenvalue weighted by Gasteiger charge is 2.36. The van der Waals surface area contributed by atoms with Crippen LogP contribution < -0.4 is 10.5 Å².